The Bertz CT molecular complexity index is 1090. The molecule has 0 saturated carbocycles. The van der Waals surface area contributed by atoms with Crippen molar-refractivity contribution in [3.05, 3.63) is 63.6 Å². The van der Waals surface area contributed by atoms with E-state index in [9.17, 15) is 14.4 Å². The summed E-state index contributed by atoms with van der Waals surface area (Å²) in [6, 6.07) is 12.1. The van der Waals surface area contributed by atoms with Crippen molar-refractivity contribution >= 4 is 40.3 Å². The second kappa shape index (κ2) is 8.31. The fourth-order valence-electron chi connectivity index (χ4n) is 2.72. The molecule has 28 heavy (non-hydrogen) atoms. The van der Waals surface area contributed by atoms with Crippen molar-refractivity contribution in [2.75, 3.05) is 5.32 Å². The van der Waals surface area contributed by atoms with Crippen molar-refractivity contribution in [3.63, 3.8) is 0 Å². The van der Waals surface area contributed by atoms with Gasteiger partial charge in [-0.3, -0.25) is 14.2 Å². The molecule has 0 unspecified atom stereocenters. The molecular formula is C20H19ClN2O5. The van der Waals surface area contributed by atoms with Gasteiger partial charge in [-0.25, -0.2) is 4.79 Å². The van der Waals surface area contributed by atoms with Crippen molar-refractivity contribution in [2.45, 2.75) is 32.9 Å². The van der Waals surface area contributed by atoms with Crippen LogP contribution in [0, 0.1) is 6.92 Å². The van der Waals surface area contributed by atoms with Crippen LogP contribution in [0.15, 0.2) is 51.7 Å². The standard InChI is InChI=1S/C20H19ClN2O5/c1-12-14(21)6-5-7-15(12)22-19(25)13(2)27-18(24)10-11-23-16-8-3-4-9-17(16)28-20(23)26/h3-9,13H,10-11H2,1-2H3,(H,22,25)/t13-/m1/s1. The van der Waals surface area contributed by atoms with Crippen LogP contribution in [0.5, 0.6) is 0 Å². The predicted molar refractivity (Wildman–Crippen MR) is 105 cm³/mol. The number of nitrogens with zero attached hydrogens (tertiary/aromatic N) is 1. The molecule has 3 rings (SSSR count). The average molecular weight is 403 g/mol. The maximum atomic E-state index is 12.3. The number of oxazole rings is 1. The molecule has 0 radical (unpaired) electrons. The molecule has 0 aliphatic heterocycles. The van der Waals surface area contributed by atoms with Gasteiger partial charge in [0.15, 0.2) is 11.7 Å². The number of amides is 1. The molecule has 1 amide bonds. The lowest BCUT2D eigenvalue weighted by Crippen LogP contribution is -2.30. The third-order valence-electron chi connectivity index (χ3n) is 4.32. The highest BCUT2D eigenvalue weighted by Crippen LogP contribution is 2.23. The third kappa shape index (κ3) is 4.26. The van der Waals surface area contributed by atoms with Gasteiger partial charge in [-0.05, 0) is 43.7 Å². The Labute approximate surface area is 165 Å². The van der Waals surface area contributed by atoms with Crippen molar-refractivity contribution in [1.82, 2.24) is 4.57 Å². The number of para-hydroxylation sites is 2. The van der Waals surface area contributed by atoms with Crippen LogP contribution in [-0.4, -0.2) is 22.5 Å². The summed E-state index contributed by atoms with van der Waals surface area (Å²) >= 11 is 6.03. The summed E-state index contributed by atoms with van der Waals surface area (Å²) in [5.74, 6) is -1.61. The number of carbonyl (C=O) groups is 2. The quantitative estimate of drug-likeness (QED) is 0.637. The van der Waals surface area contributed by atoms with Crippen LogP contribution >= 0.6 is 11.6 Å². The van der Waals surface area contributed by atoms with E-state index in [1.165, 1.54) is 11.5 Å². The number of benzene rings is 2. The molecule has 1 heterocycles. The second-order valence-corrected chi connectivity index (χ2v) is 6.68. The van der Waals surface area contributed by atoms with E-state index < -0.39 is 23.7 Å². The fraction of sp³-hybridized carbons (Fsp3) is 0.250. The molecule has 0 fully saturated rings. The molecule has 1 atom stereocenters. The van der Waals surface area contributed by atoms with Crippen LogP contribution in [0.2, 0.25) is 5.02 Å². The lowest BCUT2D eigenvalue weighted by molar-refractivity contribution is -0.153. The van der Waals surface area contributed by atoms with Gasteiger partial charge < -0.3 is 14.5 Å². The van der Waals surface area contributed by atoms with Crippen LogP contribution < -0.4 is 11.1 Å². The van der Waals surface area contributed by atoms with Gasteiger partial charge in [0.1, 0.15) is 0 Å². The minimum absolute atomic E-state index is 0.0722. The highest BCUT2D eigenvalue weighted by atomic mass is 35.5. The van der Waals surface area contributed by atoms with Gasteiger partial charge >= 0.3 is 11.7 Å². The van der Waals surface area contributed by atoms with Gasteiger partial charge in [0, 0.05) is 17.3 Å². The van der Waals surface area contributed by atoms with E-state index >= 15 is 0 Å². The van der Waals surface area contributed by atoms with Crippen LogP contribution in [0.25, 0.3) is 11.1 Å². The van der Waals surface area contributed by atoms with Gasteiger partial charge in [0.05, 0.1) is 11.9 Å². The van der Waals surface area contributed by atoms with E-state index in [1.54, 1.807) is 49.4 Å². The number of carbonyl (C=O) groups excluding carboxylic acids is 2. The number of halogens is 1. The van der Waals surface area contributed by atoms with Crippen molar-refractivity contribution in [2.24, 2.45) is 0 Å². The number of aromatic nitrogens is 1. The Morgan fingerprint density at radius 1 is 1.21 bits per heavy atom. The van der Waals surface area contributed by atoms with Crippen LogP contribution in [0.4, 0.5) is 5.69 Å². The molecule has 3 aromatic rings. The molecular weight excluding hydrogens is 384 g/mol. The van der Waals surface area contributed by atoms with Crippen molar-refractivity contribution < 1.29 is 18.7 Å². The molecule has 0 bridgehead atoms. The monoisotopic (exact) mass is 402 g/mol. The van der Waals surface area contributed by atoms with Gasteiger partial charge in [-0.1, -0.05) is 29.8 Å². The Morgan fingerprint density at radius 2 is 1.96 bits per heavy atom. The first-order valence-electron chi connectivity index (χ1n) is 8.70. The van der Waals surface area contributed by atoms with E-state index in [1.807, 2.05) is 0 Å². The summed E-state index contributed by atoms with van der Waals surface area (Å²) in [5, 5.41) is 3.22. The van der Waals surface area contributed by atoms with E-state index in [4.69, 9.17) is 20.8 Å². The number of aryl methyl sites for hydroxylation is 1. The smallest absolute Gasteiger partial charge is 0.419 e. The molecule has 0 aliphatic rings. The van der Waals surface area contributed by atoms with Gasteiger partial charge in [-0.15, -0.1) is 0 Å². The van der Waals surface area contributed by atoms with Gasteiger partial charge in [-0.2, -0.15) is 0 Å². The molecule has 0 aliphatic carbocycles. The number of hydrogen-bond donors (Lipinski definition) is 1. The molecule has 1 aromatic heterocycles. The lowest BCUT2D eigenvalue weighted by atomic mass is 10.2. The third-order valence-corrected chi connectivity index (χ3v) is 4.73. The number of rotatable bonds is 6. The Morgan fingerprint density at radius 3 is 2.75 bits per heavy atom. The molecule has 7 nitrogen and oxygen atoms in total. The van der Waals surface area contributed by atoms with E-state index in [2.05, 4.69) is 5.32 Å². The molecule has 2 aromatic carbocycles. The maximum Gasteiger partial charge on any atom is 0.419 e. The highest BCUT2D eigenvalue weighted by molar-refractivity contribution is 6.31. The largest absolute Gasteiger partial charge is 0.452 e. The Kier molecular flexibility index (Phi) is 5.84. The van der Waals surface area contributed by atoms with Crippen molar-refractivity contribution in [1.29, 1.82) is 0 Å². The fourth-order valence-corrected chi connectivity index (χ4v) is 2.89. The number of ether oxygens (including phenoxy) is 1. The molecule has 146 valence electrons. The Hall–Kier alpha value is -3.06. The summed E-state index contributed by atoms with van der Waals surface area (Å²) in [6.45, 7) is 3.35. The SMILES string of the molecule is Cc1c(Cl)cccc1NC(=O)[C@@H](C)OC(=O)CCn1c(=O)oc2ccccc21. The predicted octanol–water partition coefficient (Wildman–Crippen LogP) is 3.52. The summed E-state index contributed by atoms with van der Waals surface area (Å²) in [4.78, 5) is 36.3. The first kappa shape index (κ1) is 19.7. The van der Waals surface area contributed by atoms with Crippen molar-refractivity contribution in [3.8, 4) is 0 Å². The number of fused-ring (bicyclic) bond motifs is 1. The molecule has 0 saturated heterocycles. The zero-order valence-electron chi connectivity index (χ0n) is 15.4. The zero-order chi connectivity index (χ0) is 20.3. The lowest BCUT2D eigenvalue weighted by Gasteiger charge is -2.15. The molecule has 1 N–H and O–H groups in total. The van der Waals surface area contributed by atoms with E-state index in [0.717, 1.165) is 5.56 Å². The van der Waals surface area contributed by atoms with Crippen LogP contribution in [0.3, 0.4) is 0 Å². The number of nitrogens with one attached hydrogen (secondary N) is 1. The van der Waals surface area contributed by atoms with E-state index in [-0.39, 0.29) is 13.0 Å². The minimum atomic E-state index is -0.997. The average Bonchev–Trinajstić information content (AvgIpc) is 2.98. The molecule has 0 spiro atoms. The summed E-state index contributed by atoms with van der Waals surface area (Å²) in [7, 11) is 0. The topological polar surface area (TPSA) is 90.5 Å². The number of hydrogen-bond acceptors (Lipinski definition) is 5. The number of esters is 1. The summed E-state index contributed by atoms with van der Waals surface area (Å²) in [5.41, 5.74) is 2.33. The normalized spacial score (nSPS) is 12.0. The van der Waals surface area contributed by atoms with Crippen LogP contribution in [-0.2, 0) is 20.9 Å². The van der Waals surface area contributed by atoms with E-state index in [0.29, 0.717) is 21.8 Å². The number of anilines is 1. The van der Waals surface area contributed by atoms with Crippen LogP contribution in [0.1, 0.15) is 18.9 Å². The molecule has 8 heteroatoms. The maximum absolute atomic E-state index is 12.3. The second-order valence-electron chi connectivity index (χ2n) is 6.27. The first-order chi connectivity index (χ1) is 13.4. The van der Waals surface area contributed by atoms with Gasteiger partial charge in [0.25, 0.3) is 5.91 Å². The van der Waals surface area contributed by atoms with Gasteiger partial charge in [0.2, 0.25) is 0 Å². The summed E-state index contributed by atoms with van der Waals surface area (Å²) < 4.78 is 11.7. The zero-order valence-corrected chi connectivity index (χ0v) is 16.2. The first-order valence-corrected chi connectivity index (χ1v) is 9.08. The Balaban J connectivity index is 1.58. The minimum Gasteiger partial charge on any atom is -0.452 e. The highest BCUT2D eigenvalue weighted by Gasteiger charge is 2.19. The summed E-state index contributed by atoms with van der Waals surface area (Å²) in [6.07, 6.45) is -1.07.